The summed E-state index contributed by atoms with van der Waals surface area (Å²) in [6.07, 6.45) is 4.60. The monoisotopic (exact) mass is 392 g/mol. The SMILES string of the molecule is CCCCN1CCC(C2NC3CC(F)CC4C(=O)NN=C(CC(C)C)C2C34)C1. The van der Waals surface area contributed by atoms with Gasteiger partial charge in [0, 0.05) is 36.2 Å². The Kier molecular flexibility index (Phi) is 6.07. The second kappa shape index (κ2) is 8.39. The summed E-state index contributed by atoms with van der Waals surface area (Å²) in [6, 6.07) is 0.425. The molecule has 1 saturated carbocycles. The van der Waals surface area contributed by atoms with Gasteiger partial charge in [-0.3, -0.25) is 4.79 Å². The average Bonchev–Trinajstić information content (AvgIpc) is 3.23. The maximum Gasteiger partial charge on any atom is 0.243 e. The Morgan fingerprint density at radius 2 is 2.14 bits per heavy atom. The van der Waals surface area contributed by atoms with E-state index in [9.17, 15) is 9.18 Å². The van der Waals surface area contributed by atoms with Crippen LogP contribution in [0.5, 0.6) is 0 Å². The second-order valence-corrected chi connectivity index (χ2v) is 9.96. The summed E-state index contributed by atoms with van der Waals surface area (Å²) < 4.78 is 14.5. The number of halogens is 1. The molecule has 4 rings (SSSR count). The molecule has 0 spiro atoms. The molecule has 3 fully saturated rings. The molecule has 3 heterocycles. The van der Waals surface area contributed by atoms with E-state index in [-0.39, 0.29) is 29.7 Å². The van der Waals surface area contributed by atoms with E-state index < -0.39 is 6.17 Å². The van der Waals surface area contributed by atoms with Crippen LogP contribution in [0.4, 0.5) is 4.39 Å². The molecular formula is C22H37FN4O. The van der Waals surface area contributed by atoms with E-state index in [2.05, 4.69) is 41.5 Å². The number of hydrazone groups is 1. The minimum atomic E-state index is -0.889. The van der Waals surface area contributed by atoms with Crippen LogP contribution in [0.2, 0.25) is 0 Å². The van der Waals surface area contributed by atoms with Crippen LogP contribution < -0.4 is 10.7 Å². The number of hydrogen-bond donors (Lipinski definition) is 2. The Morgan fingerprint density at radius 3 is 2.89 bits per heavy atom. The largest absolute Gasteiger partial charge is 0.310 e. The van der Waals surface area contributed by atoms with Gasteiger partial charge in [0.25, 0.3) is 0 Å². The molecule has 6 heteroatoms. The third kappa shape index (κ3) is 3.87. The second-order valence-electron chi connectivity index (χ2n) is 9.96. The minimum Gasteiger partial charge on any atom is -0.310 e. The zero-order valence-electron chi connectivity index (χ0n) is 17.7. The number of carbonyl (C=O) groups excluding carboxylic acids is 1. The summed E-state index contributed by atoms with van der Waals surface area (Å²) in [5.41, 5.74) is 3.94. The Labute approximate surface area is 168 Å². The van der Waals surface area contributed by atoms with Crippen molar-refractivity contribution >= 4 is 11.6 Å². The molecular weight excluding hydrogens is 355 g/mol. The number of nitrogens with one attached hydrogen (secondary N) is 2. The Morgan fingerprint density at radius 1 is 1.32 bits per heavy atom. The number of unbranched alkanes of at least 4 members (excludes halogenated alkanes) is 1. The van der Waals surface area contributed by atoms with Crippen molar-refractivity contribution in [1.82, 2.24) is 15.6 Å². The van der Waals surface area contributed by atoms with Crippen molar-refractivity contribution in [2.24, 2.45) is 34.7 Å². The highest BCUT2D eigenvalue weighted by molar-refractivity contribution is 5.92. The first-order valence-corrected chi connectivity index (χ1v) is 11.5. The van der Waals surface area contributed by atoms with Gasteiger partial charge in [-0.1, -0.05) is 27.2 Å². The third-order valence-electron chi connectivity index (χ3n) is 7.45. The van der Waals surface area contributed by atoms with Crippen LogP contribution in [0.25, 0.3) is 0 Å². The van der Waals surface area contributed by atoms with Crippen molar-refractivity contribution in [1.29, 1.82) is 0 Å². The highest BCUT2D eigenvalue weighted by Crippen LogP contribution is 2.47. The summed E-state index contributed by atoms with van der Waals surface area (Å²) in [6.45, 7) is 10.1. The molecule has 1 amide bonds. The summed E-state index contributed by atoms with van der Waals surface area (Å²) in [4.78, 5) is 15.3. The fourth-order valence-electron chi connectivity index (χ4n) is 6.28. The molecule has 28 heavy (non-hydrogen) atoms. The van der Waals surface area contributed by atoms with Crippen molar-refractivity contribution in [3.8, 4) is 0 Å². The van der Waals surface area contributed by atoms with Gasteiger partial charge in [0.05, 0.1) is 0 Å². The van der Waals surface area contributed by atoms with Crippen LogP contribution in [-0.4, -0.2) is 54.4 Å². The van der Waals surface area contributed by atoms with E-state index in [1.807, 2.05) is 0 Å². The first-order chi connectivity index (χ1) is 13.5. The van der Waals surface area contributed by atoms with E-state index in [1.165, 1.54) is 25.8 Å². The van der Waals surface area contributed by atoms with Gasteiger partial charge in [0.1, 0.15) is 6.17 Å². The van der Waals surface area contributed by atoms with Crippen molar-refractivity contribution < 1.29 is 9.18 Å². The van der Waals surface area contributed by atoms with Crippen LogP contribution in [0.1, 0.15) is 59.3 Å². The molecule has 0 aromatic carbocycles. The van der Waals surface area contributed by atoms with Crippen LogP contribution in [0.15, 0.2) is 5.10 Å². The number of rotatable bonds is 6. The molecule has 4 aliphatic rings. The molecule has 7 unspecified atom stereocenters. The fraction of sp³-hybridized carbons (Fsp3) is 0.909. The van der Waals surface area contributed by atoms with Crippen molar-refractivity contribution in [3.05, 3.63) is 0 Å². The summed E-state index contributed by atoms with van der Waals surface area (Å²) in [7, 11) is 0. The lowest BCUT2D eigenvalue weighted by molar-refractivity contribution is -0.128. The molecule has 0 bridgehead atoms. The molecule has 158 valence electrons. The summed E-state index contributed by atoms with van der Waals surface area (Å²) >= 11 is 0. The molecule has 0 aromatic heterocycles. The van der Waals surface area contributed by atoms with E-state index in [1.54, 1.807) is 0 Å². The lowest BCUT2D eigenvalue weighted by atomic mass is 9.67. The topological polar surface area (TPSA) is 56.7 Å². The maximum absolute atomic E-state index is 14.5. The number of nitrogens with zero attached hydrogens (tertiary/aromatic N) is 2. The van der Waals surface area contributed by atoms with Gasteiger partial charge < -0.3 is 10.2 Å². The molecule has 2 saturated heterocycles. The Bertz CT molecular complexity index is 609. The van der Waals surface area contributed by atoms with Gasteiger partial charge in [-0.05, 0) is 62.9 Å². The molecule has 2 N–H and O–H groups in total. The quantitative estimate of drug-likeness (QED) is 0.731. The predicted molar refractivity (Wildman–Crippen MR) is 110 cm³/mol. The van der Waals surface area contributed by atoms with Gasteiger partial charge >= 0.3 is 0 Å². The maximum atomic E-state index is 14.5. The average molecular weight is 393 g/mol. The van der Waals surface area contributed by atoms with Gasteiger partial charge in [-0.2, -0.15) is 5.10 Å². The number of hydrogen-bond acceptors (Lipinski definition) is 4. The predicted octanol–water partition coefficient (Wildman–Crippen LogP) is 2.96. The van der Waals surface area contributed by atoms with Crippen molar-refractivity contribution in [2.75, 3.05) is 19.6 Å². The Balaban J connectivity index is 1.60. The molecule has 7 atom stereocenters. The van der Waals surface area contributed by atoms with E-state index in [0.29, 0.717) is 30.7 Å². The standard InChI is InChI=1S/C22H37FN4O/c1-4-5-7-27-8-6-14(12-27)21-20-18(9-13(2)3)25-26-22(28)16-10-15(23)11-17(24-21)19(16)20/h13-17,19-21,24H,4-12H2,1-3H3,(H,26,28). The number of likely N-dealkylation sites (tertiary alicyclic amines) is 1. The third-order valence-corrected chi connectivity index (χ3v) is 7.45. The van der Waals surface area contributed by atoms with Crippen LogP contribution in [0, 0.1) is 29.6 Å². The number of alkyl halides is 1. The lowest BCUT2D eigenvalue weighted by Crippen LogP contribution is -2.45. The van der Waals surface area contributed by atoms with Crippen molar-refractivity contribution in [2.45, 2.75) is 77.6 Å². The van der Waals surface area contributed by atoms with Gasteiger partial charge in [0.2, 0.25) is 5.91 Å². The van der Waals surface area contributed by atoms with Crippen LogP contribution >= 0.6 is 0 Å². The highest BCUT2D eigenvalue weighted by Gasteiger charge is 2.56. The first-order valence-electron chi connectivity index (χ1n) is 11.5. The minimum absolute atomic E-state index is 0.0699. The van der Waals surface area contributed by atoms with Crippen LogP contribution in [0.3, 0.4) is 0 Å². The molecule has 3 aliphatic heterocycles. The summed E-state index contributed by atoms with van der Waals surface area (Å²) in [5.74, 6) is 1.20. The normalized spacial score (nSPS) is 41.0. The molecule has 5 nitrogen and oxygen atoms in total. The van der Waals surface area contributed by atoms with E-state index in [0.717, 1.165) is 25.2 Å². The van der Waals surface area contributed by atoms with Gasteiger partial charge in [-0.15, -0.1) is 0 Å². The molecule has 0 aromatic rings. The first kappa shape index (κ1) is 20.3. The smallest absolute Gasteiger partial charge is 0.243 e. The zero-order valence-corrected chi connectivity index (χ0v) is 17.7. The van der Waals surface area contributed by atoms with Crippen molar-refractivity contribution in [3.63, 3.8) is 0 Å². The zero-order chi connectivity index (χ0) is 19.8. The van der Waals surface area contributed by atoms with Crippen LogP contribution in [-0.2, 0) is 4.79 Å². The highest BCUT2D eigenvalue weighted by atomic mass is 19.1. The van der Waals surface area contributed by atoms with E-state index in [4.69, 9.17) is 0 Å². The lowest BCUT2D eigenvalue weighted by Gasteiger charge is -2.36. The van der Waals surface area contributed by atoms with E-state index >= 15 is 0 Å². The molecule has 1 aliphatic carbocycles. The summed E-state index contributed by atoms with van der Waals surface area (Å²) in [5, 5.41) is 8.44. The number of amides is 1. The molecule has 0 radical (unpaired) electrons. The Hall–Kier alpha value is -1.01. The number of carbonyl (C=O) groups is 1. The van der Waals surface area contributed by atoms with Gasteiger partial charge in [0.15, 0.2) is 0 Å². The fourth-order valence-corrected chi connectivity index (χ4v) is 6.28. The van der Waals surface area contributed by atoms with Gasteiger partial charge in [-0.25, -0.2) is 9.82 Å².